The summed E-state index contributed by atoms with van der Waals surface area (Å²) in [5, 5.41) is 45.0. The standard InChI is InChI=1S/C55H107NO11S/c1-3-5-7-9-11-13-15-17-19-20-21-22-23-24-25-26-27-28-29-30-31-33-35-37-39-41-43-45-51(59)56-48(47-65-55-53(61)54(67-68(62,63)64)52(60)50(46-57)66-55)49(58)44-42-40-38-36-34-32-18-16-14-12-10-8-6-4-2/h24-25,48-50,52-55,57-58,60-61H,3-23,26-47H2,1-2H3,(H,56,59)(H,62,63,64)/b25-24-. The summed E-state index contributed by atoms with van der Waals surface area (Å²) < 4.78 is 47.8. The van der Waals surface area contributed by atoms with Gasteiger partial charge < -0.3 is 35.2 Å². The van der Waals surface area contributed by atoms with Crippen LogP contribution in [0.2, 0.25) is 0 Å². The molecule has 7 unspecified atom stereocenters. The third-order valence-electron chi connectivity index (χ3n) is 13.8. The molecule has 1 amide bonds. The number of carbonyl (C=O) groups is 1. The average molecular weight is 991 g/mol. The molecule has 0 saturated carbocycles. The molecule has 0 bridgehead atoms. The lowest BCUT2D eigenvalue weighted by molar-refractivity contribution is -0.298. The van der Waals surface area contributed by atoms with E-state index in [1.54, 1.807) is 0 Å². The highest BCUT2D eigenvalue weighted by Gasteiger charge is 2.48. The van der Waals surface area contributed by atoms with E-state index in [0.717, 1.165) is 51.4 Å². The highest BCUT2D eigenvalue weighted by atomic mass is 32.3. The Hall–Kier alpha value is -1.16. The third kappa shape index (κ3) is 37.6. The molecular formula is C55H107NO11S. The first-order valence-electron chi connectivity index (χ1n) is 28.6. The number of unbranched alkanes of at least 4 members (excludes halogenated alkanes) is 36. The predicted molar refractivity (Wildman–Crippen MR) is 278 cm³/mol. The summed E-state index contributed by atoms with van der Waals surface area (Å²) in [6.45, 7) is 3.48. The van der Waals surface area contributed by atoms with Crippen molar-refractivity contribution in [1.29, 1.82) is 0 Å². The molecule has 1 rings (SSSR count). The molecule has 1 fully saturated rings. The quantitative estimate of drug-likeness (QED) is 0.0193. The van der Waals surface area contributed by atoms with Crippen LogP contribution in [0.15, 0.2) is 12.2 Å². The first-order chi connectivity index (χ1) is 33.0. The monoisotopic (exact) mass is 990 g/mol. The molecule has 0 aromatic heterocycles. The summed E-state index contributed by atoms with van der Waals surface area (Å²) in [5.41, 5.74) is 0. The maximum atomic E-state index is 13.1. The number of hydrogen-bond donors (Lipinski definition) is 6. The predicted octanol–water partition coefficient (Wildman–Crippen LogP) is 13.1. The van der Waals surface area contributed by atoms with E-state index in [-0.39, 0.29) is 12.5 Å². The van der Waals surface area contributed by atoms with Crippen molar-refractivity contribution in [2.45, 2.75) is 320 Å². The number of aliphatic hydroxyl groups is 4. The van der Waals surface area contributed by atoms with Crippen LogP contribution in [0.5, 0.6) is 0 Å². The van der Waals surface area contributed by atoms with Crippen molar-refractivity contribution >= 4 is 16.3 Å². The smallest absolute Gasteiger partial charge is 0.394 e. The van der Waals surface area contributed by atoms with E-state index in [9.17, 15) is 38.2 Å². The maximum Gasteiger partial charge on any atom is 0.397 e. The number of rotatable bonds is 50. The summed E-state index contributed by atoms with van der Waals surface area (Å²) in [5.74, 6) is -0.227. The topological polar surface area (TPSA) is 192 Å². The molecule has 0 spiro atoms. The van der Waals surface area contributed by atoms with Crippen LogP contribution in [0.4, 0.5) is 0 Å². The minimum atomic E-state index is -5.08. The van der Waals surface area contributed by atoms with Gasteiger partial charge in [0, 0.05) is 6.42 Å². The molecule has 12 nitrogen and oxygen atoms in total. The first kappa shape index (κ1) is 64.9. The van der Waals surface area contributed by atoms with Gasteiger partial charge in [-0.25, -0.2) is 4.18 Å². The van der Waals surface area contributed by atoms with Gasteiger partial charge in [0.1, 0.15) is 24.4 Å². The van der Waals surface area contributed by atoms with Crippen molar-refractivity contribution in [3.63, 3.8) is 0 Å². The van der Waals surface area contributed by atoms with Gasteiger partial charge in [-0.05, 0) is 38.5 Å². The van der Waals surface area contributed by atoms with E-state index < -0.39 is 59.9 Å². The second-order valence-electron chi connectivity index (χ2n) is 20.2. The van der Waals surface area contributed by atoms with Crippen LogP contribution in [0.1, 0.15) is 277 Å². The van der Waals surface area contributed by atoms with Gasteiger partial charge in [-0.15, -0.1) is 0 Å². The Morgan fingerprint density at radius 2 is 0.941 bits per heavy atom. The van der Waals surface area contributed by atoms with Gasteiger partial charge in [-0.2, -0.15) is 8.42 Å². The van der Waals surface area contributed by atoms with Gasteiger partial charge in [0.2, 0.25) is 5.91 Å². The lowest BCUT2D eigenvalue weighted by atomic mass is 9.99. The first-order valence-corrected chi connectivity index (χ1v) is 29.9. The molecule has 0 aliphatic carbocycles. The molecule has 1 aliphatic heterocycles. The number of amides is 1. The Kier molecular flexibility index (Phi) is 43.6. The molecule has 6 N–H and O–H groups in total. The van der Waals surface area contributed by atoms with Crippen LogP contribution < -0.4 is 5.32 Å². The van der Waals surface area contributed by atoms with Crippen LogP contribution in [0.25, 0.3) is 0 Å². The fourth-order valence-corrected chi connectivity index (χ4v) is 9.91. The number of carbonyl (C=O) groups excluding carboxylic acids is 1. The van der Waals surface area contributed by atoms with E-state index in [4.69, 9.17) is 9.47 Å². The van der Waals surface area contributed by atoms with Gasteiger partial charge in [-0.1, -0.05) is 244 Å². The third-order valence-corrected chi connectivity index (χ3v) is 14.3. The molecule has 0 aromatic rings. The summed E-state index contributed by atoms with van der Waals surface area (Å²) >= 11 is 0. The highest BCUT2D eigenvalue weighted by Crippen LogP contribution is 2.26. The molecule has 13 heteroatoms. The van der Waals surface area contributed by atoms with Crippen LogP contribution in [-0.4, -0.2) is 95.4 Å². The number of aliphatic hydroxyl groups excluding tert-OH is 4. The van der Waals surface area contributed by atoms with Gasteiger partial charge in [-0.3, -0.25) is 9.35 Å². The van der Waals surface area contributed by atoms with Gasteiger partial charge in [0.05, 0.1) is 25.4 Å². The molecule has 404 valence electrons. The van der Waals surface area contributed by atoms with Crippen LogP contribution in [0, 0.1) is 0 Å². The van der Waals surface area contributed by atoms with Crippen LogP contribution in [-0.2, 0) is 28.9 Å². The minimum absolute atomic E-state index is 0.227. The summed E-state index contributed by atoms with van der Waals surface area (Å²) in [7, 11) is -5.08. The molecule has 68 heavy (non-hydrogen) atoms. The van der Waals surface area contributed by atoms with Crippen molar-refractivity contribution in [2.24, 2.45) is 0 Å². The minimum Gasteiger partial charge on any atom is -0.394 e. The van der Waals surface area contributed by atoms with Crippen molar-refractivity contribution in [3.8, 4) is 0 Å². The molecular weight excluding hydrogens is 883 g/mol. The second-order valence-corrected chi connectivity index (χ2v) is 21.3. The SMILES string of the molecule is CCCCCCCCCCCCCC/C=C\CCCCCCCCCCCCCC(=O)NC(COC1OC(CO)C(O)C(OS(=O)(=O)O)C1O)C(O)CCCCCCCCCCCCCCCC. The Morgan fingerprint density at radius 3 is 1.32 bits per heavy atom. The highest BCUT2D eigenvalue weighted by molar-refractivity contribution is 7.80. The van der Waals surface area contributed by atoms with Crippen molar-refractivity contribution < 1.29 is 51.8 Å². The zero-order chi connectivity index (χ0) is 49.8. The fourth-order valence-electron chi connectivity index (χ4n) is 9.40. The van der Waals surface area contributed by atoms with E-state index in [1.165, 1.54) is 199 Å². The lowest BCUT2D eigenvalue weighted by Gasteiger charge is -2.41. The Labute approximate surface area is 417 Å². The Bertz CT molecular complexity index is 1260. The lowest BCUT2D eigenvalue weighted by Crippen LogP contribution is -2.61. The molecule has 1 saturated heterocycles. The molecule has 0 radical (unpaired) electrons. The van der Waals surface area contributed by atoms with E-state index in [0.29, 0.717) is 12.8 Å². The molecule has 0 aromatic carbocycles. The Morgan fingerprint density at radius 1 is 0.574 bits per heavy atom. The molecule has 7 atom stereocenters. The van der Waals surface area contributed by atoms with E-state index >= 15 is 0 Å². The summed E-state index contributed by atoms with van der Waals surface area (Å²) in [6, 6.07) is -0.856. The van der Waals surface area contributed by atoms with E-state index in [2.05, 4.69) is 35.5 Å². The number of ether oxygens (including phenoxy) is 2. The fraction of sp³-hybridized carbons (Fsp3) is 0.945. The number of allylic oxidation sites excluding steroid dienone is 2. The summed E-state index contributed by atoms with van der Waals surface area (Å²) in [4.78, 5) is 13.1. The van der Waals surface area contributed by atoms with Crippen LogP contribution >= 0.6 is 0 Å². The maximum absolute atomic E-state index is 13.1. The number of hydrogen-bond acceptors (Lipinski definition) is 10. The largest absolute Gasteiger partial charge is 0.397 e. The van der Waals surface area contributed by atoms with Crippen molar-refractivity contribution in [2.75, 3.05) is 13.2 Å². The normalized spacial score (nSPS) is 19.8. The van der Waals surface area contributed by atoms with Gasteiger partial charge >= 0.3 is 10.4 Å². The summed E-state index contributed by atoms with van der Waals surface area (Å²) in [6.07, 6.45) is 45.1. The van der Waals surface area contributed by atoms with Crippen molar-refractivity contribution in [1.82, 2.24) is 5.32 Å². The zero-order valence-corrected chi connectivity index (χ0v) is 44.5. The zero-order valence-electron chi connectivity index (χ0n) is 43.7. The molecule has 1 heterocycles. The van der Waals surface area contributed by atoms with Gasteiger partial charge in [0.25, 0.3) is 0 Å². The molecule has 1 aliphatic rings. The Balaban J connectivity index is 2.30. The van der Waals surface area contributed by atoms with Crippen LogP contribution in [0.3, 0.4) is 0 Å². The van der Waals surface area contributed by atoms with Crippen molar-refractivity contribution in [3.05, 3.63) is 12.2 Å². The number of nitrogens with one attached hydrogen (secondary N) is 1. The van der Waals surface area contributed by atoms with E-state index in [1.807, 2.05) is 0 Å². The average Bonchev–Trinajstić information content (AvgIpc) is 3.31. The second kappa shape index (κ2) is 45.7. The van der Waals surface area contributed by atoms with Gasteiger partial charge in [0.15, 0.2) is 6.29 Å².